The second kappa shape index (κ2) is 8.49. The van der Waals surface area contributed by atoms with Crippen molar-refractivity contribution in [3.05, 3.63) is 45.2 Å². The molecular formula is C20H22ClNO5S. The van der Waals surface area contributed by atoms with Crippen LogP contribution in [0.5, 0.6) is 11.5 Å². The molecule has 0 amide bonds. The van der Waals surface area contributed by atoms with E-state index < -0.39 is 11.4 Å². The number of carboxylic acid groups (broad SMARTS) is 1. The first-order valence-electron chi connectivity index (χ1n) is 8.91. The normalized spacial score (nSPS) is 15.4. The Morgan fingerprint density at radius 3 is 2.82 bits per heavy atom. The van der Waals surface area contributed by atoms with E-state index in [9.17, 15) is 14.7 Å². The lowest BCUT2D eigenvalue weighted by Crippen LogP contribution is -2.25. The van der Waals surface area contributed by atoms with Gasteiger partial charge in [0.15, 0.2) is 5.43 Å². The minimum Gasteiger partial charge on any atom is -0.491 e. The predicted molar refractivity (Wildman–Crippen MR) is 111 cm³/mol. The molecule has 1 aromatic carbocycles. The van der Waals surface area contributed by atoms with E-state index >= 15 is 0 Å². The first-order chi connectivity index (χ1) is 13.3. The Hall–Kier alpha value is -2.12. The summed E-state index contributed by atoms with van der Waals surface area (Å²) in [6.45, 7) is 4.91. The first kappa shape index (κ1) is 20.6. The van der Waals surface area contributed by atoms with E-state index in [2.05, 4.69) is 0 Å². The van der Waals surface area contributed by atoms with E-state index in [0.717, 1.165) is 5.75 Å². The largest absolute Gasteiger partial charge is 0.491 e. The summed E-state index contributed by atoms with van der Waals surface area (Å²) in [5.41, 5.74) is 0.407. The molecule has 1 aliphatic heterocycles. The fourth-order valence-electron chi connectivity index (χ4n) is 3.17. The van der Waals surface area contributed by atoms with Crippen molar-refractivity contribution in [3.8, 4) is 22.8 Å². The molecule has 28 heavy (non-hydrogen) atoms. The molecule has 1 N–H and O–H groups in total. The van der Waals surface area contributed by atoms with Gasteiger partial charge in [0.2, 0.25) is 0 Å². The summed E-state index contributed by atoms with van der Waals surface area (Å²) >= 11 is 8.08. The highest BCUT2D eigenvalue weighted by Gasteiger charge is 2.27. The summed E-state index contributed by atoms with van der Waals surface area (Å²) in [5, 5.41) is 9.77. The van der Waals surface area contributed by atoms with Crippen molar-refractivity contribution in [3.63, 3.8) is 0 Å². The SMILES string of the molecule is CSCCOc1cc2c(cc1Cl)-c1cc(=O)c(C(=O)O)cn1[C@H](C(C)C)CO2. The molecular weight excluding hydrogens is 402 g/mol. The van der Waals surface area contributed by atoms with Crippen LogP contribution in [0.25, 0.3) is 11.3 Å². The second-order valence-corrected chi connectivity index (χ2v) is 8.28. The third-order valence-electron chi connectivity index (χ3n) is 4.70. The van der Waals surface area contributed by atoms with Gasteiger partial charge in [0, 0.05) is 29.6 Å². The molecule has 2 heterocycles. The fourth-order valence-corrected chi connectivity index (χ4v) is 3.64. The van der Waals surface area contributed by atoms with Crippen LogP contribution < -0.4 is 14.9 Å². The summed E-state index contributed by atoms with van der Waals surface area (Å²) in [4.78, 5) is 23.8. The van der Waals surface area contributed by atoms with Gasteiger partial charge in [-0.15, -0.1) is 0 Å². The van der Waals surface area contributed by atoms with E-state index in [0.29, 0.717) is 41.0 Å². The topological polar surface area (TPSA) is 77.8 Å². The highest BCUT2D eigenvalue weighted by atomic mass is 35.5. The van der Waals surface area contributed by atoms with Crippen LogP contribution in [0.4, 0.5) is 0 Å². The van der Waals surface area contributed by atoms with Gasteiger partial charge in [-0.2, -0.15) is 11.8 Å². The highest BCUT2D eigenvalue weighted by Crippen LogP contribution is 2.42. The molecule has 3 rings (SSSR count). The van der Waals surface area contributed by atoms with Crippen molar-refractivity contribution in [2.45, 2.75) is 19.9 Å². The summed E-state index contributed by atoms with van der Waals surface area (Å²) in [5.74, 6) is 0.824. The van der Waals surface area contributed by atoms with Crippen molar-refractivity contribution in [2.75, 3.05) is 25.2 Å². The minimum atomic E-state index is -1.25. The van der Waals surface area contributed by atoms with Gasteiger partial charge in [-0.1, -0.05) is 25.4 Å². The average molecular weight is 424 g/mol. The number of aromatic carboxylic acids is 1. The van der Waals surface area contributed by atoms with E-state index in [1.54, 1.807) is 23.9 Å². The fraction of sp³-hybridized carbons (Fsp3) is 0.400. The van der Waals surface area contributed by atoms with Crippen LogP contribution in [0.2, 0.25) is 5.02 Å². The standard InChI is InChI=1S/C20H22ClNO5S/c1-11(2)16-10-27-18-8-19(26-4-5-28-3)14(21)6-12(18)15-7-17(23)13(20(24)25)9-22(15)16/h6-9,11,16H,4-5,10H2,1-3H3,(H,24,25)/t16-/m0/s1. The summed E-state index contributed by atoms with van der Waals surface area (Å²) in [6.07, 6.45) is 3.40. The number of hydrogen-bond donors (Lipinski definition) is 1. The molecule has 0 saturated heterocycles. The number of aromatic nitrogens is 1. The second-order valence-electron chi connectivity index (χ2n) is 6.89. The molecule has 0 saturated carbocycles. The lowest BCUT2D eigenvalue weighted by molar-refractivity contribution is 0.0694. The molecule has 0 fully saturated rings. The Bertz CT molecular complexity index is 956. The molecule has 6 nitrogen and oxygen atoms in total. The number of carboxylic acids is 1. The predicted octanol–water partition coefficient (Wildman–Crippen LogP) is 4.20. The summed E-state index contributed by atoms with van der Waals surface area (Å²) < 4.78 is 13.6. The molecule has 1 aromatic heterocycles. The average Bonchev–Trinajstić information content (AvgIpc) is 2.78. The highest BCUT2D eigenvalue weighted by molar-refractivity contribution is 7.98. The Balaban J connectivity index is 2.16. The Kier molecular flexibility index (Phi) is 6.25. The van der Waals surface area contributed by atoms with Gasteiger partial charge in [0.25, 0.3) is 0 Å². The van der Waals surface area contributed by atoms with Crippen LogP contribution in [-0.2, 0) is 0 Å². The Morgan fingerprint density at radius 2 is 2.18 bits per heavy atom. The van der Waals surface area contributed by atoms with E-state index in [1.807, 2.05) is 24.7 Å². The summed E-state index contributed by atoms with van der Waals surface area (Å²) in [7, 11) is 0. The number of halogens is 1. The number of benzene rings is 1. The molecule has 0 spiro atoms. The number of nitrogens with zero attached hydrogens (tertiary/aromatic N) is 1. The van der Waals surface area contributed by atoms with E-state index in [1.165, 1.54) is 12.3 Å². The maximum atomic E-state index is 12.4. The van der Waals surface area contributed by atoms with Crippen LogP contribution in [0.15, 0.2) is 29.2 Å². The van der Waals surface area contributed by atoms with Gasteiger partial charge >= 0.3 is 5.97 Å². The van der Waals surface area contributed by atoms with E-state index in [-0.39, 0.29) is 17.5 Å². The Labute approximate surface area is 172 Å². The number of pyridine rings is 1. The third-order valence-corrected chi connectivity index (χ3v) is 5.57. The van der Waals surface area contributed by atoms with Gasteiger partial charge in [-0.25, -0.2) is 4.79 Å². The number of rotatable bonds is 6. The zero-order chi connectivity index (χ0) is 20.4. The number of ether oxygens (including phenoxy) is 2. The van der Waals surface area contributed by atoms with Gasteiger partial charge in [-0.3, -0.25) is 4.79 Å². The molecule has 0 aliphatic carbocycles. The van der Waals surface area contributed by atoms with Gasteiger partial charge in [0.05, 0.1) is 23.4 Å². The zero-order valence-electron chi connectivity index (χ0n) is 15.9. The lowest BCUT2D eigenvalue weighted by atomic mass is 10.0. The van der Waals surface area contributed by atoms with Gasteiger partial charge in [0.1, 0.15) is 23.7 Å². The van der Waals surface area contributed by atoms with Crippen molar-refractivity contribution in [1.82, 2.24) is 4.57 Å². The maximum absolute atomic E-state index is 12.4. The van der Waals surface area contributed by atoms with Gasteiger partial charge in [-0.05, 0) is 18.2 Å². The monoisotopic (exact) mass is 423 g/mol. The van der Waals surface area contributed by atoms with E-state index in [4.69, 9.17) is 21.1 Å². The Morgan fingerprint density at radius 1 is 1.43 bits per heavy atom. The van der Waals surface area contributed by atoms with Crippen LogP contribution in [-0.4, -0.2) is 40.9 Å². The molecule has 0 bridgehead atoms. The molecule has 2 aromatic rings. The number of thioether (sulfide) groups is 1. The summed E-state index contributed by atoms with van der Waals surface area (Å²) in [6, 6.07) is 4.65. The van der Waals surface area contributed by atoms with Crippen LogP contribution >= 0.6 is 23.4 Å². The minimum absolute atomic E-state index is 0.138. The molecule has 0 unspecified atom stereocenters. The van der Waals surface area contributed by atoms with Crippen LogP contribution in [0.1, 0.15) is 30.2 Å². The molecule has 150 valence electrons. The quantitative estimate of drug-likeness (QED) is 0.701. The van der Waals surface area contributed by atoms with Crippen molar-refractivity contribution in [2.24, 2.45) is 5.92 Å². The smallest absolute Gasteiger partial charge is 0.341 e. The van der Waals surface area contributed by atoms with Crippen molar-refractivity contribution >= 4 is 29.3 Å². The molecule has 8 heteroatoms. The van der Waals surface area contributed by atoms with Crippen LogP contribution in [0.3, 0.4) is 0 Å². The number of hydrogen-bond acceptors (Lipinski definition) is 5. The lowest BCUT2D eigenvalue weighted by Gasteiger charge is -2.24. The number of fused-ring (bicyclic) bond motifs is 3. The molecule has 1 aliphatic rings. The maximum Gasteiger partial charge on any atom is 0.341 e. The third kappa shape index (κ3) is 4.00. The molecule has 0 radical (unpaired) electrons. The first-order valence-corrected chi connectivity index (χ1v) is 10.7. The van der Waals surface area contributed by atoms with Crippen LogP contribution in [0, 0.1) is 5.92 Å². The van der Waals surface area contributed by atoms with Gasteiger partial charge < -0.3 is 19.1 Å². The van der Waals surface area contributed by atoms with Crippen molar-refractivity contribution in [1.29, 1.82) is 0 Å². The van der Waals surface area contributed by atoms with Crippen molar-refractivity contribution < 1.29 is 19.4 Å². The number of carbonyl (C=O) groups is 1. The zero-order valence-corrected chi connectivity index (χ0v) is 17.5. The molecule has 1 atom stereocenters.